The summed E-state index contributed by atoms with van der Waals surface area (Å²) in [4.78, 5) is 1.29. The molecule has 2 N–H and O–H groups in total. The van der Waals surface area contributed by atoms with Gasteiger partial charge in [-0.3, -0.25) is 0 Å². The third kappa shape index (κ3) is 4.47. The van der Waals surface area contributed by atoms with E-state index in [4.69, 9.17) is 0 Å². The third-order valence-corrected chi connectivity index (χ3v) is 5.88. The normalized spacial score (nSPS) is 14.8. The van der Waals surface area contributed by atoms with Gasteiger partial charge in [0.15, 0.2) is 0 Å². The van der Waals surface area contributed by atoms with E-state index < -0.39 is 6.10 Å². The maximum absolute atomic E-state index is 10.5. The molecule has 0 aliphatic carbocycles. The predicted molar refractivity (Wildman–Crippen MR) is 109 cm³/mol. The first-order valence-corrected chi connectivity index (χ1v) is 10.2. The Balaban J connectivity index is 1.75. The van der Waals surface area contributed by atoms with E-state index in [0.717, 1.165) is 12.1 Å². The zero-order chi connectivity index (χ0) is 17.6. The molecule has 0 bridgehead atoms. The van der Waals surface area contributed by atoms with Gasteiger partial charge in [0, 0.05) is 17.5 Å². The van der Waals surface area contributed by atoms with Crippen molar-refractivity contribution < 1.29 is 5.11 Å². The molecule has 130 valence electrons. The van der Waals surface area contributed by atoms with Gasteiger partial charge in [-0.2, -0.15) is 11.3 Å². The van der Waals surface area contributed by atoms with E-state index in [1.165, 1.54) is 21.6 Å². The van der Waals surface area contributed by atoms with Crippen LogP contribution in [0.5, 0.6) is 0 Å². The molecule has 2 heterocycles. The number of benzene rings is 1. The van der Waals surface area contributed by atoms with Crippen molar-refractivity contribution in [1.82, 2.24) is 5.32 Å². The molecule has 25 heavy (non-hydrogen) atoms. The Morgan fingerprint density at radius 1 is 1.08 bits per heavy atom. The van der Waals surface area contributed by atoms with Crippen LogP contribution >= 0.6 is 22.7 Å². The lowest BCUT2D eigenvalue weighted by molar-refractivity contribution is 0.137. The summed E-state index contributed by atoms with van der Waals surface area (Å²) in [7, 11) is 0. The van der Waals surface area contributed by atoms with Gasteiger partial charge < -0.3 is 10.4 Å². The highest BCUT2D eigenvalue weighted by Crippen LogP contribution is 2.31. The molecule has 0 saturated carbocycles. The first-order chi connectivity index (χ1) is 12.2. The van der Waals surface area contributed by atoms with Crippen LogP contribution in [0.1, 0.15) is 36.0 Å². The van der Waals surface area contributed by atoms with Gasteiger partial charge in [0.25, 0.3) is 0 Å². The van der Waals surface area contributed by atoms with E-state index in [1.807, 2.05) is 37.3 Å². The monoisotopic (exact) mass is 369 g/mol. The largest absolute Gasteiger partial charge is 0.387 e. The highest BCUT2D eigenvalue weighted by Gasteiger charge is 2.17. The summed E-state index contributed by atoms with van der Waals surface area (Å²) in [6.45, 7) is 4.94. The van der Waals surface area contributed by atoms with Crippen LogP contribution in [0.25, 0.3) is 5.57 Å². The lowest BCUT2D eigenvalue weighted by Gasteiger charge is -2.21. The van der Waals surface area contributed by atoms with E-state index in [-0.39, 0.29) is 6.04 Å². The van der Waals surface area contributed by atoms with Crippen molar-refractivity contribution in [3.8, 4) is 0 Å². The molecule has 0 radical (unpaired) electrons. The number of thiophene rings is 2. The number of rotatable bonds is 7. The first kappa shape index (κ1) is 18.1. The molecule has 0 amide bonds. The number of hydrogen-bond donors (Lipinski definition) is 2. The maximum Gasteiger partial charge on any atom is 0.0940 e. The number of hydrogen-bond acceptors (Lipinski definition) is 4. The second-order valence-corrected chi connectivity index (χ2v) is 7.90. The fourth-order valence-electron chi connectivity index (χ4n) is 2.88. The average Bonchev–Trinajstić information content (AvgIpc) is 3.34. The standard InChI is InChI=1S/C21H23NOS2/c1-15(13-22-16(2)21(23)17-7-4-3-5-8-17)20(18-10-12-24-14-18)19-9-6-11-25-19/h3-12,14,16,21-23H,13H2,1-2H3/b20-15+. The third-order valence-electron chi connectivity index (χ3n) is 4.31. The molecule has 3 aromatic rings. The summed E-state index contributed by atoms with van der Waals surface area (Å²) >= 11 is 3.48. The quantitative estimate of drug-likeness (QED) is 0.589. The van der Waals surface area contributed by atoms with Gasteiger partial charge in [-0.05, 0) is 58.8 Å². The van der Waals surface area contributed by atoms with Crippen molar-refractivity contribution in [1.29, 1.82) is 0 Å². The smallest absolute Gasteiger partial charge is 0.0940 e. The SMILES string of the molecule is C/C(CNC(C)C(O)c1ccccc1)=C(/c1ccsc1)c1cccs1. The van der Waals surface area contributed by atoms with Crippen molar-refractivity contribution in [2.75, 3.05) is 6.54 Å². The molecule has 0 spiro atoms. The Hall–Kier alpha value is -1.72. The van der Waals surface area contributed by atoms with Crippen LogP contribution in [0, 0.1) is 0 Å². The Morgan fingerprint density at radius 3 is 2.52 bits per heavy atom. The minimum Gasteiger partial charge on any atom is -0.387 e. The van der Waals surface area contributed by atoms with Gasteiger partial charge in [0.05, 0.1) is 6.10 Å². The fraction of sp³-hybridized carbons (Fsp3) is 0.238. The molecule has 2 unspecified atom stereocenters. The molecule has 0 aliphatic rings. The van der Waals surface area contributed by atoms with E-state index in [1.54, 1.807) is 22.7 Å². The van der Waals surface area contributed by atoms with E-state index in [9.17, 15) is 5.11 Å². The van der Waals surface area contributed by atoms with Gasteiger partial charge in [-0.15, -0.1) is 11.3 Å². The van der Waals surface area contributed by atoms with Crippen molar-refractivity contribution in [2.24, 2.45) is 0 Å². The Bertz CT molecular complexity index is 756. The van der Waals surface area contributed by atoms with Crippen LogP contribution in [-0.2, 0) is 0 Å². The fourth-order valence-corrected chi connectivity index (χ4v) is 4.40. The molecule has 0 saturated heterocycles. The van der Waals surface area contributed by atoms with Crippen LogP contribution in [0.2, 0.25) is 0 Å². The van der Waals surface area contributed by atoms with Crippen molar-refractivity contribution >= 4 is 28.2 Å². The minimum absolute atomic E-state index is 0.0237. The van der Waals surface area contributed by atoms with Crippen LogP contribution in [0.4, 0.5) is 0 Å². The lowest BCUT2D eigenvalue weighted by Crippen LogP contribution is -2.33. The minimum atomic E-state index is -0.514. The predicted octanol–water partition coefficient (Wildman–Crippen LogP) is 5.34. The first-order valence-electron chi connectivity index (χ1n) is 8.39. The topological polar surface area (TPSA) is 32.3 Å². The second-order valence-electron chi connectivity index (χ2n) is 6.17. The molecular formula is C21H23NOS2. The molecule has 2 aromatic heterocycles. The highest BCUT2D eigenvalue weighted by molar-refractivity contribution is 7.11. The molecule has 0 fully saturated rings. The van der Waals surface area contributed by atoms with Gasteiger partial charge in [-0.1, -0.05) is 42.0 Å². The molecule has 0 aliphatic heterocycles. The summed E-state index contributed by atoms with van der Waals surface area (Å²) in [5.74, 6) is 0. The molecule has 4 heteroatoms. The van der Waals surface area contributed by atoms with Gasteiger partial charge in [0.2, 0.25) is 0 Å². The number of aliphatic hydroxyl groups excluding tert-OH is 1. The summed E-state index contributed by atoms with van der Waals surface area (Å²) < 4.78 is 0. The van der Waals surface area contributed by atoms with Crippen molar-refractivity contribution in [2.45, 2.75) is 26.0 Å². The van der Waals surface area contributed by atoms with Gasteiger partial charge in [0.1, 0.15) is 0 Å². The van der Waals surface area contributed by atoms with Crippen LogP contribution in [-0.4, -0.2) is 17.7 Å². The van der Waals surface area contributed by atoms with E-state index >= 15 is 0 Å². The zero-order valence-corrected chi connectivity index (χ0v) is 16.1. The summed E-state index contributed by atoms with van der Waals surface area (Å²) in [5.41, 5.74) is 4.79. The Kier molecular flexibility index (Phi) is 6.21. The zero-order valence-electron chi connectivity index (χ0n) is 14.5. The van der Waals surface area contributed by atoms with Crippen LogP contribution < -0.4 is 5.32 Å². The number of aliphatic hydroxyl groups is 1. The van der Waals surface area contributed by atoms with Crippen LogP contribution in [0.3, 0.4) is 0 Å². The molecule has 3 rings (SSSR count). The average molecular weight is 370 g/mol. The van der Waals surface area contributed by atoms with Crippen molar-refractivity contribution in [3.63, 3.8) is 0 Å². The van der Waals surface area contributed by atoms with Gasteiger partial charge >= 0.3 is 0 Å². The molecule has 2 nitrogen and oxygen atoms in total. The summed E-state index contributed by atoms with van der Waals surface area (Å²) in [6, 6.07) is 16.2. The Labute approximate surface area is 157 Å². The summed E-state index contributed by atoms with van der Waals surface area (Å²) in [5, 5.41) is 20.4. The van der Waals surface area contributed by atoms with Crippen molar-refractivity contribution in [3.05, 3.63) is 86.2 Å². The van der Waals surface area contributed by atoms with Crippen LogP contribution in [0.15, 0.2) is 70.2 Å². The molecule has 2 atom stereocenters. The second kappa shape index (κ2) is 8.59. The maximum atomic E-state index is 10.5. The highest BCUT2D eigenvalue weighted by atomic mass is 32.1. The Morgan fingerprint density at radius 2 is 1.88 bits per heavy atom. The lowest BCUT2D eigenvalue weighted by atomic mass is 10.0. The molecule has 1 aromatic carbocycles. The van der Waals surface area contributed by atoms with Gasteiger partial charge in [-0.25, -0.2) is 0 Å². The van der Waals surface area contributed by atoms with E-state index in [0.29, 0.717) is 0 Å². The number of nitrogens with one attached hydrogen (secondary N) is 1. The molecular weight excluding hydrogens is 346 g/mol. The van der Waals surface area contributed by atoms with E-state index in [2.05, 4.69) is 46.6 Å². The summed E-state index contributed by atoms with van der Waals surface area (Å²) in [6.07, 6.45) is -0.514.